The number of aryl methyl sites for hydroxylation is 1. The Bertz CT molecular complexity index is 394. The number of anilines is 1. The number of amides is 1. The number of hydrogen-bond acceptors (Lipinski definition) is 2. The second-order valence-electron chi connectivity index (χ2n) is 4.51. The fourth-order valence-corrected chi connectivity index (χ4v) is 2.11. The second kappa shape index (κ2) is 5.27. The standard InChI is InChI=1S/C13H17FN2O/c1-9-6-10(14)8-11(7-9)16-13(17)12-4-2-3-5-15-12/h6-8,12,15H,2-5H2,1H3,(H,16,17). The van der Waals surface area contributed by atoms with Crippen LogP contribution < -0.4 is 10.6 Å². The number of carbonyl (C=O) groups is 1. The van der Waals surface area contributed by atoms with Gasteiger partial charge in [0.25, 0.3) is 0 Å². The molecule has 1 unspecified atom stereocenters. The van der Waals surface area contributed by atoms with Gasteiger partial charge in [-0.1, -0.05) is 6.42 Å². The quantitative estimate of drug-likeness (QED) is 0.826. The maximum atomic E-state index is 13.2. The lowest BCUT2D eigenvalue weighted by Gasteiger charge is -2.22. The van der Waals surface area contributed by atoms with E-state index >= 15 is 0 Å². The minimum Gasteiger partial charge on any atom is -0.325 e. The van der Waals surface area contributed by atoms with Crippen LogP contribution >= 0.6 is 0 Å². The maximum absolute atomic E-state index is 13.2. The average molecular weight is 236 g/mol. The first-order chi connectivity index (χ1) is 8.15. The molecule has 4 heteroatoms. The van der Waals surface area contributed by atoms with Crippen molar-refractivity contribution in [1.29, 1.82) is 0 Å². The Hall–Kier alpha value is -1.42. The number of piperidine rings is 1. The van der Waals surface area contributed by atoms with Crippen molar-refractivity contribution in [3.63, 3.8) is 0 Å². The summed E-state index contributed by atoms with van der Waals surface area (Å²) in [7, 11) is 0. The van der Waals surface area contributed by atoms with Crippen LogP contribution in [0.4, 0.5) is 10.1 Å². The molecule has 17 heavy (non-hydrogen) atoms. The SMILES string of the molecule is Cc1cc(F)cc(NC(=O)C2CCCCN2)c1. The number of benzene rings is 1. The highest BCUT2D eigenvalue weighted by Crippen LogP contribution is 2.15. The summed E-state index contributed by atoms with van der Waals surface area (Å²) in [6.07, 6.45) is 3.02. The van der Waals surface area contributed by atoms with Gasteiger partial charge in [0.05, 0.1) is 6.04 Å². The average Bonchev–Trinajstić information content (AvgIpc) is 2.28. The highest BCUT2D eigenvalue weighted by atomic mass is 19.1. The van der Waals surface area contributed by atoms with Gasteiger partial charge in [-0.2, -0.15) is 0 Å². The smallest absolute Gasteiger partial charge is 0.241 e. The molecule has 1 fully saturated rings. The van der Waals surface area contributed by atoms with Gasteiger partial charge in [0.1, 0.15) is 5.82 Å². The Morgan fingerprint density at radius 3 is 2.88 bits per heavy atom. The molecule has 1 saturated heterocycles. The molecule has 1 aliphatic heterocycles. The predicted molar refractivity (Wildman–Crippen MR) is 65.4 cm³/mol. The van der Waals surface area contributed by atoms with Crippen LogP contribution in [-0.2, 0) is 4.79 Å². The monoisotopic (exact) mass is 236 g/mol. The predicted octanol–water partition coefficient (Wildman–Crippen LogP) is 2.21. The van der Waals surface area contributed by atoms with Gasteiger partial charge in [-0.25, -0.2) is 4.39 Å². The molecule has 0 saturated carbocycles. The highest BCUT2D eigenvalue weighted by molar-refractivity contribution is 5.94. The van der Waals surface area contributed by atoms with Crippen LogP contribution in [0.1, 0.15) is 24.8 Å². The molecular formula is C13H17FN2O. The van der Waals surface area contributed by atoms with E-state index in [4.69, 9.17) is 0 Å². The van der Waals surface area contributed by atoms with Crippen molar-refractivity contribution in [3.8, 4) is 0 Å². The molecule has 1 aliphatic rings. The second-order valence-corrected chi connectivity index (χ2v) is 4.51. The van der Waals surface area contributed by atoms with Crippen LogP contribution in [0.3, 0.4) is 0 Å². The molecule has 1 heterocycles. The summed E-state index contributed by atoms with van der Waals surface area (Å²) in [6, 6.07) is 4.40. The number of rotatable bonds is 2. The van der Waals surface area contributed by atoms with Crippen LogP contribution in [0.25, 0.3) is 0 Å². The van der Waals surface area contributed by atoms with E-state index in [9.17, 15) is 9.18 Å². The zero-order valence-electron chi connectivity index (χ0n) is 9.92. The largest absolute Gasteiger partial charge is 0.325 e. The van der Waals surface area contributed by atoms with Crippen molar-refractivity contribution in [2.45, 2.75) is 32.2 Å². The third-order valence-electron chi connectivity index (χ3n) is 2.94. The molecule has 1 atom stereocenters. The van der Waals surface area contributed by atoms with Crippen LogP contribution in [0.2, 0.25) is 0 Å². The first-order valence-electron chi connectivity index (χ1n) is 5.96. The zero-order chi connectivity index (χ0) is 12.3. The topological polar surface area (TPSA) is 41.1 Å². The van der Waals surface area contributed by atoms with Gasteiger partial charge in [0.15, 0.2) is 0 Å². The zero-order valence-corrected chi connectivity index (χ0v) is 9.92. The lowest BCUT2D eigenvalue weighted by molar-refractivity contribution is -0.118. The van der Waals surface area contributed by atoms with E-state index in [-0.39, 0.29) is 17.8 Å². The van der Waals surface area contributed by atoms with Gasteiger partial charge in [0.2, 0.25) is 5.91 Å². The van der Waals surface area contributed by atoms with Gasteiger partial charge < -0.3 is 10.6 Å². The fraction of sp³-hybridized carbons (Fsp3) is 0.462. The Morgan fingerprint density at radius 1 is 1.41 bits per heavy atom. The summed E-state index contributed by atoms with van der Waals surface area (Å²) >= 11 is 0. The van der Waals surface area contributed by atoms with E-state index in [0.717, 1.165) is 31.4 Å². The number of halogens is 1. The number of hydrogen-bond donors (Lipinski definition) is 2. The van der Waals surface area contributed by atoms with E-state index < -0.39 is 0 Å². The van der Waals surface area contributed by atoms with E-state index in [2.05, 4.69) is 10.6 Å². The lowest BCUT2D eigenvalue weighted by atomic mass is 10.0. The van der Waals surface area contributed by atoms with Crippen LogP contribution in [-0.4, -0.2) is 18.5 Å². The summed E-state index contributed by atoms with van der Waals surface area (Å²) < 4.78 is 13.2. The molecule has 0 bridgehead atoms. The summed E-state index contributed by atoms with van der Waals surface area (Å²) in [5.74, 6) is -0.397. The third kappa shape index (κ3) is 3.27. The third-order valence-corrected chi connectivity index (χ3v) is 2.94. The molecule has 0 aliphatic carbocycles. The Morgan fingerprint density at radius 2 is 2.24 bits per heavy atom. The van der Waals surface area contributed by atoms with Gasteiger partial charge in [-0.3, -0.25) is 4.79 Å². The first kappa shape index (κ1) is 12.0. The fourth-order valence-electron chi connectivity index (χ4n) is 2.11. The van der Waals surface area contributed by atoms with E-state index in [1.807, 2.05) is 0 Å². The van der Waals surface area contributed by atoms with Gasteiger partial charge in [0, 0.05) is 5.69 Å². The van der Waals surface area contributed by atoms with Crippen LogP contribution in [0.15, 0.2) is 18.2 Å². The van der Waals surface area contributed by atoms with E-state index in [1.54, 1.807) is 13.0 Å². The van der Waals surface area contributed by atoms with Gasteiger partial charge in [-0.05, 0) is 50.1 Å². The van der Waals surface area contributed by atoms with Crippen molar-refractivity contribution in [2.75, 3.05) is 11.9 Å². The van der Waals surface area contributed by atoms with Gasteiger partial charge in [-0.15, -0.1) is 0 Å². The van der Waals surface area contributed by atoms with Crippen molar-refractivity contribution in [1.82, 2.24) is 5.32 Å². The summed E-state index contributed by atoms with van der Waals surface area (Å²) in [5.41, 5.74) is 1.33. The molecule has 0 radical (unpaired) electrons. The molecule has 3 nitrogen and oxygen atoms in total. The maximum Gasteiger partial charge on any atom is 0.241 e. The van der Waals surface area contributed by atoms with Crippen molar-refractivity contribution < 1.29 is 9.18 Å². The highest BCUT2D eigenvalue weighted by Gasteiger charge is 2.20. The summed E-state index contributed by atoms with van der Waals surface area (Å²) in [6.45, 7) is 2.68. The normalized spacial score (nSPS) is 20.0. The van der Waals surface area contributed by atoms with E-state index in [0.29, 0.717) is 5.69 Å². The van der Waals surface area contributed by atoms with Crippen molar-refractivity contribution in [2.24, 2.45) is 0 Å². The molecule has 1 aromatic carbocycles. The molecule has 2 rings (SSSR count). The molecule has 0 aromatic heterocycles. The minimum atomic E-state index is -0.322. The molecular weight excluding hydrogens is 219 g/mol. The summed E-state index contributed by atoms with van der Waals surface area (Å²) in [5, 5.41) is 5.91. The number of carbonyl (C=O) groups excluding carboxylic acids is 1. The van der Waals surface area contributed by atoms with Crippen LogP contribution in [0.5, 0.6) is 0 Å². The number of nitrogens with one attached hydrogen (secondary N) is 2. The van der Waals surface area contributed by atoms with Gasteiger partial charge >= 0.3 is 0 Å². The first-order valence-corrected chi connectivity index (χ1v) is 5.96. The van der Waals surface area contributed by atoms with E-state index in [1.165, 1.54) is 12.1 Å². The van der Waals surface area contributed by atoms with Crippen LogP contribution in [0, 0.1) is 12.7 Å². The Balaban J connectivity index is 2.01. The molecule has 0 spiro atoms. The summed E-state index contributed by atoms with van der Waals surface area (Å²) in [4.78, 5) is 11.9. The molecule has 92 valence electrons. The lowest BCUT2D eigenvalue weighted by Crippen LogP contribution is -2.43. The molecule has 1 aromatic rings. The van der Waals surface area contributed by atoms with Crippen molar-refractivity contribution >= 4 is 11.6 Å². The Kier molecular flexibility index (Phi) is 3.74. The minimum absolute atomic E-state index is 0.0744. The van der Waals surface area contributed by atoms with Crippen molar-refractivity contribution in [3.05, 3.63) is 29.6 Å². The molecule has 1 amide bonds. The molecule has 2 N–H and O–H groups in total. The Labute approximate surface area is 100 Å².